The Morgan fingerprint density at radius 3 is 2.25 bits per heavy atom. The monoisotopic (exact) mass is 291 g/mol. The summed E-state index contributed by atoms with van der Waals surface area (Å²) in [5, 5.41) is 11.0. The van der Waals surface area contributed by atoms with E-state index < -0.39 is 30.0 Å². The Balaban J connectivity index is 2.73. The topological polar surface area (TPSA) is 75.6 Å². The Morgan fingerprint density at radius 2 is 1.85 bits per heavy atom. The van der Waals surface area contributed by atoms with Crippen LogP contribution in [0.1, 0.15) is 23.7 Å². The molecule has 20 heavy (non-hydrogen) atoms. The summed E-state index contributed by atoms with van der Waals surface area (Å²) in [5.74, 6) is -2.32. The lowest BCUT2D eigenvalue weighted by Crippen LogP contribution is -2.40. The molecule has 0 aromatic heterocycles. The van der Waals surface area contributed by atoms with Crippen LogP contribution in [0.15, 0.2) is 24.3 Å². The predicted octanol–water partition coefficient (Wildman–Crippen LogP) is 2.18. The van der Waals surface area contributed by atoms with Crippen molar-refractivity contribution in [2.75, 3.05) is 0 Å². The van der Waals surface area contributed by atoms with E-state index in [-0.39, 0.29) is 12.0 Å². The zero-order valence-corrected chi connectivity index (χ0v) is 10.4. The molecule has 1 rings (SSSR count). The smallest absolute Gasteiger partial charge is 0.480 e. The molecular weight excluding hydrogens is 279 g/mol. The molecular formula is C12H12F3NO4. The second-order valence-corrected chi connectivity index (χ2v) is 3.84. The normalized spacial score (nSPS) is 12.6. The maximum absolute atomic E-state index is 11.9. The van der Waals surface area contributed by atoms with Crippen LogP contribution in [0.3, 0.4) is 0 Å². The van der Waals surface area contributed by atoms with Gasteiger partial charge in [-0.15, -0.1) is 13.2 Å². The number of ether oxygens (including phenoxy) is 1. The molecule has 1 aromatic carbocycles. The van der Waals surface area contributed by atoms with Crippen LogP contribution in [0.4, 0.5) is 13.2 Å². The van der Waals surface area contributed by atoms with E-state index >= 15 is 0 Å². The number of carbonyl (C=O) groups excluding carboxylic acids is 1. The lowest BCUT2D eigenvalue weighted by atomic mass is 10.1. The first-order valence-corrected chi connectivity index (χ1v) is 5.62. The Morgan fingerprint density at radius 1 is 1.30 bits per heavy atom. The molecule has 0 saturated heterocycles. The minimum absolute atomic E-state index is 0.0409. The summed E-state index contributed by atoms with van der Waals surface area (Å²) in [4.78, 5) is 22.4. The molecule has 0 aliphatic rings. The third-order valence-corrected chi connectivity index (χ3v) is 2.36. The second-order valence-electron chi connectivity index (χ2n) is 3.84. The average Bonchev–Trinajstić information content (AvgIpc) is 2.34. The first-order valence-electron chi connectivity index (χ1n) is 5.62. The van der Waals surface area contributed by atoms with E-state index in [9.17, 15) is 22.8 Å². The van der Waals surface area contributed by atoms with Crippen LogP contribution in [-0.4, -0.2) is 29.4 Å². The molecule has 0 saturated carbocycles. The van der Waals surface area contributed by atoms with Crippen molar-refractivity contribution in [3.05, 3.63) is 29.8 Å². The highest BCUT2D eigenvalue weighted by Gasteiger charge is 2.31. The van der Waals surface area contributed by atoms with Gasteiger partial charge in [-0.05, 0) is 30.7 Å². The summed E-state index contributed by atoms with van der Waals surface area (Å²) in [6.45, 7) is 1.58. The number of halogens is 3. The van der Waals surface area contributed by atoms with Gasteiger partial charge in [-0.2, -0.15) is 0 Å². The summed E-state index contributed by atoms with van der Waals surface area (Å²) < 4.78 is 39.5. The van der Waals surface area contributed by atoms with Crippen molar-refractivity contribution in [1.29, 1.82) is 0 Å². The number of hydrogen-bond acceptors (Lipinski definition) is 3. The lowest BCUT2D eigenvalue weighted by Gasteiger charge is -2.13. The molecule has 0 bridgehead atoms. The molecule has 1 amide bonds. The quantitative estimate of drug-likeness (QED) is 0.872. The maximum atomic E-state index is 11.9. The molecule has 110 valence electrons. The molecule has 1 atom stereocenters. The standard InChI is InChI=1S/C12H12F3NO4/c1-2-9(11(18)19)16-10(17)7-3-5-8(6-4-7)20-12(13,14)15/h3-6,9H,2H2,1H3,(H,16,17)(H,18,19). The average molecular weight is 291 g/mol. The fourth-order valence-corrected chi connectivity index (χ4v) is 1.39. The van der Waals surface area contributed by atoms with Gasteiger partial charge >= 0.3 is 12.3 Å². The minimum atomic E-state index is -4.81. The van der Waals surface area contributed by atoms with Crippen LogP contribution in [0.5, 0.6) is 5.75 Å². The van der Waals surface area contributed by atoms with E-state index in [4.69, 9.17) is 5.11 Å². The first kappa shape index (κ1) is 15.8. The number of nitrogens with one attached hydrogen (secondary N) is 1. The van der Waals surface area contributed by atoms with E-state index in [1.807, 2.05) is 0 Å². The number of aliphatic carboxylic acids is 1. The first-order chi connectivity index (χ1) is 9.23. The Kier molecular flexibility index (Phi) is 4.95. The molecule has 2 N–H and O–H groups in total. The third kappa shape index (κ3) is 4.79. The fraction of sp³-hybridized carbons (Fsp3) is 0.333. The van der Waals surface area contributed by atoms with Crippen LogP contribution < -0.4 is 10.1 Å². The molecule has 5 nitrogen and oxygen atoms in total. The molecule has 0 radical (unpaired) electrons. The van der Waals surface area contributed by atoms with Crippen molar-refractivity contribution in [2.24, 2.45) is 0 Å². The van der Waals surface area contributed by atoms with E-state index in [1.54, 1.807) is 6.92 Å². The highest BCUT2D eigenvalue weighted by molar-refractivity contribution is 5.96. The Hall–Kier alpha value is -2.25. The van der Waals surface area contributed by atoms with Crippen molar-refractivity contribution in [2.45, 2.75) is 25.7 Å². The molecule has 0 fully saturated rings. The summed E-state index contributed by atoms with van der Waals surface area (Å²) in [6, 6.07) is 3.14. The van der Waals surface area contributed by atoms with Crippen LogP contribution in [0.25, 0.3) is 0 Å². The van der Waals surface area contributed by atoms with Crippen molar-refractivity contribution >= 4 is 11.9 Å². The van der Waals surface area contributed by atoms with Gasteiger partial charge in [0.05, 0.1) is 0 Å². The lowest BCUT2D eigenvalue weighted by molar-refractivity contribution is -0.274. The maximum Gasteiger partial charge on any atom is 0.573 e. The number of benzene rings is 1. The van der Waals surface area contributed by atoms with Gasteiger partial charge in [0.25, 0.3) is 5.91 Å². The largest absolute Gasteiger partial charge is 0.573 e. The number of alkyl halides is 3. The predicted molar refractivity (Wildman–Crippen MR) is 62.3 cm³/mol. The van der Waals surface area contributed by atoms with Gasteiger partial charge < -0.3 is 15.2 Å². The van der Waals surface area contributed by atoms with Crippen molar-refractivity contribution in [3.8, 4) is 5.75 Å². The molecule has 0 spiro atoms. The van der Waals surface area contributed by atoms with Gasteiger partial charge in [-0.3, -0.25) is 4.79 Å². The van der Waals surface area contributed by atoms with Gasteiger partial charge in [-0.25, -0.2) is 4.79 Å². The number of amides is 1. The highest BCUT2D eigenvalue weighted by atomic mass is 19.4. The van der Waals surface area contributed by atoms with E-state index in [0.29, 0.717) is 0 Å². The number of carbonyl (C=O) groups is 2. The van der Waals surface area contributed by atoms with Gasteiger partial charge in [0.15, 0.2) is 0 Å². The Bertz CT molecular complexity index is 484. The summed E-state index contributed by atoms with van der Waals surface area (Å²) >= 11 is 0. The van der Waals surface area contributed by atoms with E-state index in [2.05, 4.69) is 10.1 Å². The zero-order chi connectivity index (χ0) is 15.3. The molecule has 1 unspecified atom stereocenters. The van der Waals surface area contributed by atoms with Crippen LogP contribution in [0, 0.1) is 0 Å². The number of hydrogen-bond donors (Lipinski definition) is 2. The number of carboxylic acids is 1. The zero-order valence-electron chi connectivity index (χ0n) is 10.4. The highest BCUT2D eigenvalue weighted by Crippen LogP contribution is 2.22. The van der Waals surface area contributed by atoms with Crippen molar-refractivity contribution < 1.29 is 32.6 Å². The van der Waals surface area contributed by atoms with Crippen LogP contribution in [-0.2, 0) is 4.79 Å². The summed E-state index contributed by atoms with van der Waals surface area (Å²) in [5.41, 5.74) is 0.0409. The van der Waals surface area contributed by atoms with E-state index in [0.717, 1.165) is 24.3 Å². The number of carboxylic acid groups (broad SMARTS) is 1. The minimum Gasteiger partial charge on any atom is -0.480 e. The molecule has 1 aromatic rings. The van der Waals surface area contributed by atoms with Crippen molar-refractivity contribution in [3.63, 3.8) is 0 Å². The molecule has 8 heteroatoms. The van der Waals surface area contributed by atoms with Crippen LogP contribution >= 0.6 is 0 Å². The fourth-order valence-electron chi connectivity index (χ4n) is 1.39. The van der Waals surface area contributed by atoms with Gasteiger partial charge in [0.1, 0.15) is 11.8 Å². The van der Waals surface area contributed by atoms with E-state index in [1.165, 1.54) is 0 Å². The van der Waals surface area contributed by atoms with Crippen molar-refractivity contribution in [1.82, 2.24) is 5.32 Å². The van der Waals surface area contributed by atoms with Crippen LogP contribution in [0.2, 0.25) is 0 Å². The molecule has 0 heterocycles. The Labute approximate surface area is 112 Å². The molecule has 0 aliphatic carbocycles. The van der Waals surface area contributed by atoms with Gasteiger partial charge in [0.2, 0.25) is 0 Å². The second kappa shape index (κ2) is 6.27. The summed E-state index contributed by atoms with van der Waals surface area (Å²) in [6.07, 6.45) is -4.61. The SMILES string of the molecule is CCC(NC(=O)c1ccc(OC(F)(F)F)cc1)C(=O)O. The summed E-state index contributed by atoms with van der Waals surface area (Å²) in [7, 11) is 0. The van der Waals surface area contributed by atoms with Gasteiger partial charge in [-0.1, -0.05) is 6.92 Å². The van der Waals surface area contributed by atoms with Gasteiger partial charge in [0, 0.05) is 5.56 Å². The third-order valence-electron chi connectivity index (χ3n) is 2.36. The molecule has 0 aliphatic heterocycles. The number of rotatable bonds is 5.